The summed E-state index contributed by atoms with van der Waals surface area (Å²) in [5.74, 6) is 0.941. The molecule has 15 heavy (non-hydrogen) atoms. The molecule has 0 aromatic carbocycles. The maximum absolute atomic E-state index is 3.56. The van der Waals surface area contributed by atoms with E-state index in [9.17, 15) is 0 Å². The Balaban J connectivity index is 1.71. The number of thiophene rings is 1. The van der Waals surface area contributed by atoms with Gasteiger partial charge in [0.1, 0.15) is 0 Å². The molecule has 1 saturated carbocycles. The highest BCUT2D eigenvalue weighted by molar-refractivity contribution is 7.09. The van der Waals surface area contributed by atoms with Crippen LogP contribution in [0, 0.1) is 5.92 Å². The van der Waals surface area contributed by atoms with Crippen LogP contribution in [0.2, 0.25) is 0 Å². The van der Waals surface area contributed by atoms with Gasteiger partial charge in [-0.1, -0.05) is 6.07 Å². The minimum atomic E-state index is 0.727. The van der Waals surface area contributed by atoms with E-state index in [1.54, 1.807) is 0 Å². The lowest BCUT2D eigenvalue weighted by atomic mass is 10.1. The lowest BCUT2D eigenvalue weighted by Crippen LogP contribution is -2.39. The van der Waals surface area contributed by atoms with E-state index in [1.807, 2.05) is 11.3 Å². The quantitative estimate of drug-likeness (QED) is 0.797. The summed E-state index contributed by atoms with van der Waals surface area (Å²) in [5.41, 5.74) is 0. The second-order valence-electron chi connectivity index (χ2n) is 4.58. The van der Waals surface area contributed by atoms with Crippen LogP contribution in [0.15, 0.2) is 17.5 Å². The van der Waals surface area contributed by atoms with E-state index in [1.165, 1.54) is 17.7 Å². The summed E-state index contributed by atoms with van der Waals surface area (Å²) in [6.45, 7) is 2.14. The van der Waals surface area contributed by atoms with Crippen LogP contribution in [0.3, 0.4) is 0 Å². The minimum Gasteiger partial charge on any atom is -0.310 e. The van der Waals surface area contributed by atoms with E-state index in [0.29, 0.717) is 0 Å². The number of nitrogens with zero attached hydrogens (tertiary/aromatic N) is 1. The molecule has 1 aromatic heterocycles. The normalized spacial score (nSPS) is 18.3. The Hall–Kier alpha value is -0.380. The Morgan fingerprint density at radius 2 is 2.33 bits per heavy atom. The molecule has 2 nitrogen and oxygen atoms in total. The van der Waals surface area contributed by atoms with Crippen molar-refractivity contribution in [3.8, 4) is 0 Å². The summed E-state index contributed by atoms with van der Waals surface area (Å²) in [6, 6.07) is 5.04. The van der Waals surface area contributed by atoms with E-state index in [-0.39, 0.29) is 0 Å². The molecule has 0 bridgehead atoms. The molecule has 3 heteroatoms. The molecule has 1 heterocycles. The van der Waals surface area contributed by atoms with E-state index >= 15 is 0 Å². The average molecular weight is 224 g/mol. The summed E-state index contributed by atoms with van der Waals surface area (Å²) in [7, 11) is 4.38. The molecule has 1 unspecified atom stereocenters. The van der Waals surface area contributed by atoms with Crippen molar-refractivity contribution in [3.05, 3.63) is 22.4 Å². The molecule has 2 rings (SSSR count). The molecule has 0 radical (unpaired) electrons. The van der Waals surface area contributed by atoms with Gasteiger partial charge >= 0.3 is 0 Å². The zero-order valence-electron chi connectivity index (χ0n) is 9.57. The lowest BCUT2D eigenvalue weighted by Gasteiger charge is -2.24. The smallest absolute Gasteiger partial charge is 0.0300 e. The van der Waals surface area contributed by atoms with Crippen LogP contribution < -0.4 is 5.32 Å². The molecule has 1 N–H and O–H groups in total. The molecule has 1 atom stereocenters. The van der Waals surface area contributed by atoms with Gasteiger partial charge in [0.05, 0.1) is 0 Å². The fourth-order valence-electron chi connectivity index (χ4n) is 2.01. The summed E-state index contributed by atoms with van der Waals surface area (Å²) in [5, 5.41) is 5.70. The summed E-state index contributed by atoms with van der Waals surface area (Å²) in [4.78, 5) is 3.79. The van der Waals surface area contributed by atoms with Crippen LogP contribution in [0.25, 0.3) is 0 Å². The first-order chi connectivity index (χ1) is 7.27. The third-order valence-corrected chi connectivity index (χ3v) is 3.94. The van der Waals surface area contributed by atoms with Gasteiger partial charge in [0.15, 0.2) is 0 Å². The van der Waals surface area contributed by atoms with E-state index in [0.717, 1.165) is 25.0 Å². The molecule has 84 valence electrons. The minimum absolute atomic E-state index is 0.727. The third-order valence-electron chi connectivity index (χ3n) is 3.06. The first kappa shape index (κ1) is 11.1. The van der Waals surface area contributed by atoms with E-state index < -0.39 is 0 Å². The summed E-state index contributed by atoms with van der Waals surface area (Å²) < 4.78 is 0. The molecule has 1 aromatic rings. The maximum atomic E-state index is 3.56. The van der Waals surface area contributed by atoms with Crippen molar-refractivity contribution in [1.82, 2.24) is 10.2 Å². The molecule has 0 amide bonds. The fourth-order valence-corrected chi connectivity index (χ4v) is 2.68. The molecule has 1 aliphatic rings. The highest BCUT2D eigenvalue weighted by Gasteiger charge is 2.31. The van der Waals surface area contributed by atoms with Crippen molar-refractivity contribution in [2.24, 2.45) is 5.92 Å². The third kappa shape index (κ3) is 3.30. The van der Waals surface area contributed by atoms with Crippen LogP contribution in [0.4, 0.5) is 0 Å². The first-order valence-electron chi connectivity index (χ1n) is 5.67. The molecular formula is C12H20N2S. The van der Waals surface area contributed by atoms with Gasteiger partial charge in [0.25, 0.3) is 0 Å². The molecule has 0 aliphatic heterocycles. The predicted molar refractivity (Wildman–Crippen MR) is 66.2 cm³/mol. The molecular weight excluding hydrogens is 204 g/mol. The predicted octanol–water partition coefficient (Wildman–Crippen LogP) is 2.18. The van der Waals surface area contributed by atoms with Crippen molar-refractivity contribution in [2.75, 3.05) is 20.6 Å². The topological polar surface area (TPSA) is 15.3 Å². The van der Waals surface area contributed by atoms with Crippen LogP contribution in [-0.4, -0.2) is 31.6 Å². The molecule has 0 spiro atoms. The van der Waals surface area contributed by atoms with Gasteiger partial charge in [0, 0.05) is 24.0 Å². The Kier molecular flexibility index (Phi) is 3.78. The number of likely N-dealkylation sites (N-methyl/N-ethyl adjacent to an activating group) is 1. The standard InChI is InChI=1S/C12H20N2S/c1-14(2)12(10-5-6-10)9-13-8-11-4-3-7-15-11/h3-4,7,10,12-13H,5-6,8-9H2,1-2H3. The van der Waals surface area contributed by atoms with Gasteiger partial charge in [-0.05, 0) is 44.3 Å². The van der Waals surface area contributed by atoms with Gasteiger partial charge in [-0.15, -0.1) is 11.3 Å². The van der Waals surface area contributed by atoms with Gasteiger partial charge < -0.3 is 10.2 Å². The van der Waals surface area contributed by atoms with Crippen molar-refractivity contribution < 1.29 is 0 Å². The van der Waals surface area contributed by atoms with Crippen molar-refractivity contribution in [2.45, 2.75) is 25.4 Å². The van der Waals surface area contributed by atoms with Crippen molar-refractivity contribution in [1.29, 1.82) is 0 Å². The van der Waals surface area contributed by atoms with Crippen LogP contribution in [0.1, 0.15) is 17.7 Å². The Bertz CT molecular complexity index is 276. The maximum Gasteiger partial charge on any atom is 0.0300 e. The number of hydrogen-bond acceptors (Lipinski definition) is 3. The first-order valence-corrected chi connectivity index (χ1v) is 6.55. The molecule has 0 saturated heterocycles. The van der Waals surface area contributed by atoms with Crippen LogP contribution in [0.5, 0.6) is 0 Å². The van der Waals surface area contributed by atoms with Crippen LogP contribution in [-0.2, 0) is 6.54 Å². The fraction of sp³-hybridized carbons (Fsp3) is 0.667. The van der Waals surface area contributed by atoms with Crippen LogP contribution >= 0.6 is 11.3 Å². The largest absolute Gasteiger partial charge is 0.310 e. The highest BCUT2D eigenvalue weighted by Crippen LogP contribution is 2.34. The Morgan fingerprint density at radius 1 is 1.53 bits per heavy atom. The number of rotatable bonds is 6. The number of nitrogens with one attached hydrogen (secondary N) is 1. The molecule has 1 fully saturated rings. The molecule has 1 aliphatic carbocycles. The number of hydrogen-bond donors (Lipinski definition) is 1. The second kappa shape index (κ2) is 5.10. The van der Waals surface area contributed by atoms with Gasteiger partial charge in [-0.3, -0.25) is 0 Å². The van der Waals surface area contributed by atoms with Gasteiger partial charge in [-0.25, -0.2) is 0 Å². The van der Waals surface area contributed by atoms with E-state index in [2.05, 4.69) is 41.8 Å². The Labute approximate surface area is 96.3 Å². The summed E-state index contributed by atoms with van der Waals surface area (Å²) in [6.07, 6.45) is 2.84. The zero-order valence-corrected chi connectivity index (χ0v) is 10.4. The monoisotopic (exact) mass is 224 g/mol. The van der Waals surface area contributed by atoms with Crippen molar-refractivity contribution >= 4 is 11.3 Å². The second-order valence-corrected chi connectivity index (χ2v) is 5.61. The Morgan fingerprint density at radius 3 is 2.87 bits per heavy atom. The average Bonchev–Trinajstić information content (AvgIpc) is 2.89. The van der Waals surface area contributed by atoms with Crippen molar-refractivity contribution in [3.63, 3.8) is 0 Å². The van der Waals surface area contributed by atoms with Gasteiger partial charge in [0.2, 0.25) is 0 Å². The van der Waals surface area contributed by atoms with E-state index in [4.69, 9.17) is 0 Å². The van der Waals surface area contributed by atoms with Gasteiger partial charge in [-0.2, -0.15) is 0 Å². The summed E-state index contributed by atoms with van der Waals surface area (Å²) >= 11 is 1.83. The SMILES string of the molecule is CN(C)C(CNCc1cccs1)C1CC1. The lowest BCUT2D eigenvalue weighted by molar-refractivity contribution is 0.255. The highest BCUT2D eigenvalue weighted by atomic mass is 32.1. The zero-order chi connectivity index (χ0) is 10.7.